The smallest absolute Gasteiger partial charge is 0.334 e. The van der Waals surface area contributed by atoms with Gasteiger partial charge in [-0.05, 0) is 98.6 Å². The second-order valence-corrected chi connectivity index (χ2v) is 11.2. The lowest BCUT2D eigenvalue weighted by Gasteiger charge is -2.55. The van der Waals surface area contributed by atoms with Crippen molar-refractivity contribution in [2.45, 2.75) is 58.4 Å². The number of hydrogen-bond donors (Lipinski definition) is 2. The van der Waals surface area contributed by atoms with E-state index < -0.39 is 12.0 Å². The van der Waals surface area contributed by atoms with Crippen molar-refractivity contribution in [3.63, 3.8) is 0 Å². The number of rotatable bonds is 7. The molecule has 2 aromatic carbocycles. The summed E-state index contributed by atoms with van der Waals surface area (Å²) >= 11 is 0. The zero-order chi connectivity index (χ0) is 24.6. The van der Waals surface area contributed by atoms with E-state index in [1.54, 1.807) is 36.4 Å². The monoisotopic (exact) mass is 474 g/mol. The van der Waals surface area contributed by atoms with Gasteiger partial charge in [0.2, 0.25) is 5.91 Å². The van der Waals surface area contributed by atoms with Gasteiger partial charge in [0.05, 0.1) is 0 Å². The zero-order valence-corrected chi connectivity index (χ0v) is 20.5. The van der Waals surface area contributed by atoms with Crippen LogP contribution in [0.2, 0.25) is 0 Å². The van der Waals surface area contributed by atoms with Gasteiger partial charge in [0.25, 0.3) is 5.91 Å². The van der Waals surface area contributed by atoms with Gasteiger partial charge in [-0.15, -0.1) is 0 Å². The van der Waals surface area contributed by atoms with Gasteiger partial charge in [0.1, 0.15) is 11.8 Å². The van der Waals surface area contributed by atoms with Crippen molar-refractivity contribution in [1.29, 1.82) is 0 Å². The van der Waals surface area contributed by atoms with Crippen LogP contribution in [-0.4, -0.2) is 23.8 Å². The molecule has 1 atom stereocenters. The van der Waals surface area contributed by atoms with Crippen molar-refractivity contribution >= 4 is 23.5 Å². The summed E-state index contributed by atoms with van der Waals surface area (Å²) < 4.78 is 5.64. The first-order chi connectivity index (χ1) is 16.8. The minimum Gasteiger partial charge on any atom is -0.425 e. The number of amides is 2. The fourth-order valence-electron chi connectivity index (χ4n) is 6.76. The number of carbonyl (C=O) groups excluding carboxylic acids is 3. The van der Waals surface area contributed by atoms with Crippen LogP contribution in [0.5, 0.6) is 5.75 Å². The Hall–Kier alpha value is -3.15. The largest absolute Gasteiger partial charge is 0.425 e. The van der Waals surface area contributed by atoms with E-state index in [1.165, 1.54) is 19.3 Å². The quantitative estimate of drug-likeness (QED) is 0.427. The van der Waals surface area contributed by atoms with Crippen LogP contribution in [0.1, 0.15) is 62.7 Å². The maximum Gasteiger partial charge on any atom is 0.334 e. The summed E-state index contributed by atoms with van der Waals surface area (Å²) in [6.07, 6.45) is 6.68. The third kappa shape index (κ3) is 4.97. The molecule has 4 saturated carbocycles. The van der Waals surface area contributed by atoms with Gasteiger partial charge in [0.15, 0.2) is 0 Å². The van der Waals surface area contributed by atoms with E-state index in [4.69, 9.17) is 4.74 Å². The lowest BCUT2D eigenvalue weighted by molar-refractivity contribution is -0.151. The highest BCUT2D eigenvalue weighted by Gasteiger charge is 2.55. The topological polar surface area (TPSA) is 84.5 Å². The molecule has 0 radical (unpaired) electrons. The van der Waals surface area contributed by atoms with Crippen LogP contribution in [-0.2, 0) is 9.59 Å². The molecule has 0 spiro atoms. The van der Waals surface area contributed by atoms with E-state index >= 15 is 0 Å². The molecule has 184 valence electrons. The summed E-state index contributed by atoms with van der Waals surface area (Å²) in [4.78, 5) is 38.9. The molecular weight excluding hydrogens is 440 g/mol. The molecule has 4 aliphatic rings. The summed E-state index contributed by atoms with van der Waals surface area (Å²) in [7, 11) is 0. The Kier molecular flexibility index (Phi) is 6.39. The van der Waals surface area contributed by atoms with Gasteiger partial charge < -0.3 is 15.4 Å². The SMILES string of the molecule is CC(C)C(NC(=O)C12CC3CC(CC(C3)C1)C2)C(=O)Oc1ccc(NC(=O)c2ccccc2)cc1. The number of ether oxygens (including phenoxy) is 1. The van der Waals surface area contributed by atoms with Gasteiger partial charge in [-0.25, -0.2) is 4.79 Å². The van der Waals surface area contributed by atoms with Gasteiger partial charge >= 0.3 is 5.97 Å². The van der Waals surface area contributed by atoms with Crippen LogP contribution in [0.25, 0.3) is 0 Å². The molecule has 0 heterocycles. The maximum absolute atomic E-state index is 13.5. The van der Waals surface area contributed by atoms with E-state index in [9.17, 15) is 14.4 Å². The Morgan fingerprint density at radius 3 is 1.97 bits per heavy atom. The molecule has 0 saturated heterocycles. The number of benzene rings is 2. The van der Waals surface area contributed by atoms with Crippen molar-refractivity contribution in [2.75, 3.05) is 5.32 Å². The number of nitrogens with one attached hydrogen (secondary N) is 2. The fraction of sp³-hybridized carbons (Fsp3) is 0.483. The minimum absolute atomic E-state index is 0.0335. The van der Waals surface area contributed by atoms with Crippen LogP contribution in [0.4, 0.5) is 5.69 Å². The third-order valence-electron chi connectivity index (χ3n) is 8.09. The molecule has 6 nitrogen and oxygen atoms in total. The summed E-state index contributed by atoms with van der Waals surface area (Å²) in [6, 6.07) is 15.0. The summed E-state index contributed by atoms with van der Waals surface area (Å²) in [6.45, 7) is 3.85. The molecular formula is C29H34N2O4. The van der Waals surface area contributed by atoms with Gasteiger partial charge in [-0.2, -0.15) is 0 Å². The molecule has 0 aliphatic heterocycles. The Morgan fingerprint density at radius 1 is 0.857 bits per heavy atom. The van der Waals surface area contributed by atoms with Crippen LogP contribution < -0.4 is 15.4 Å². The Bertz CT molecular complexity index is 1060. The highest BCUT2D eigenvalue weighted by molar-refractivity contribution is 6.04. The second-order valence-electron chi connectivity index (χ2n) is 11.2. The van der Waals surface area contributed by atoms with E-state index in [1.807, 2.05) is 32.0 Å². The number of carbonyl (C=O) groups is 3. The summed E-state index contributed by atoms with van der Waals surface area (Å²) in [5, 5.41) is 5.91. The van der Waals surface area contributed by atoms with E-state index in [2.05, 4.69) is 10.6 Å². The predicted octanol–water partition coefficient (Wildman–Crippen LogP) is 5.20. The zero-order valence-electron chi connectivity index (χ0n) is 20.5. The third-order valence-corrected chi connectivity index (χ3v) is 8.09. The Morgan fingerprint density at radius 2 is 1.43 bits per heavy atom. The Balaban J connectivity index is 1.21. The molecule has 4 aliphatic carbocycles. The predicted molar refractivity (Wildman–Crippen MR) is 134 cm³/mol. The van der Waals surface area contributed by atoms with Crippen LogP contribution in [0, 0.1) is 29.1 Å². The fourth-order valence-corrected chi connectivity index (χ4v) is 6.76. The van der Waals surface area contributed by atoms with Crippen molar-refractivity contribution in [3.05, 3.63) is 60.2 Å². The van der Waals surface area contributed by atoms with Crippen molar-refractivity contribution in [2.24, 2.45) is 29.1 Å². The lowest BCUT2D eigenvalue weighted by Crippen LogP contribution is -2.57. The van der Waals surface area contributed by atoms with Crippen LogP contribution in [0.3, 0.4) is 0 Å². The van der Waals surface area contributed by atoms with E-state index in [0.717, 1.165) is 19.3 Å². The molecule has 0 aromatic heterocycles. The average Bonchev–Trinajstić information content (AvgIpc) is 2.83. The summed E-state index contributed by atoms with van der Waals surface area (Å²) in [5.74, 6) is 1.65. The van der Waals surface area contributed by atoms with E-state index in [0.29, 0.717) is 34.8 Å². The molecule has 6 heteroatoms. The normalized spacial score (nSPS) is 27.3. The van der Waals surface area contributed by atoms with Crippen LogP contribution >= 0.6 is 0 Å². The molecule has 4 bridgehead atoms. The standard InChI is InChI=1S/C29H34N2O4/c1-18(2)25(31-28(34)29-15-19-12-20(16-29)14-21(13-19)17-29)27(33)35-24-10-8-23(9-11-24)30-26(32)22-6-4-3-5-7-22/h3-11,18-21,25H,12-17H2,1-2H3,(H,30,32)(H,31,34). The second kappa shape index (κ2) is 9.48. The highest BCUT2D eigenvalue weighted by atomic mass is 16.5. The van der Waals surface area contributed by atoms with Crippen molar-refractivity contribution in [3.8, 4) is 5.75 Å². The van der Waals surface area contributed by atoms with Gasteiger partial charge in [0, 0.05) is 16.7 Å². The summed E-state index contributed by atoms with van der Waals surface area (Å²) in [5.41, 5.74) is 0.868. The molecule has 6 rings (SSSR count). The first-order valence-corrected chi connectivity index (χ1v) is 12.8. The molecule has 35 heavy (non-hydrogen) atoms. The Labute approximate surface area is 206 Å². The van der Waals surface area contributed by atoms with Gasteiger partial charge in [-0.1, -0.05) is 32.0 Å². The average molecular weight is 475 g/mol. The number of anilines is 1. The van der Waals surface area contributed by atoms with Gasteiger partial charge in [-0.3, -0.25) is 9.59 Å². The molecule has 2 aromatic rings. The van der Waals surface area contributed by atoms with E-state index in [-0.39, 0.29) is 23.1 Å². The molecule has 1 unspecified atom stereocenters. The molecule has 2 amide bonds. The lowest BCUT2D eigenvalue weighted by atomic mass is 9.49. The minimum atomic E-state index is -0.701. The van der Waals surface area contributed by atoms with Crippen molar-refractivity contribution < 1.29 is 19.1 Å². The maximum atomic E-state index is 13.5. The molecule has 4 fully saturated rings. The number of esters is 1. The highest BCUT2D eigenvalue weighted by Crippen LogP contribution is 2.60. The number of hydrogen-bond acceptors (Lipinski definition) is 4. The van der Waals surface area contributed by atoms with Crippen molar-refractivity contribution in [1.82, 2.24) is 5.32 Å². The van der Waals surface area contributed by atoms with Crippen LogP contribution in [0.15, 0.2) is 54.6 Å². The first-order valence-electron chi connectivity index (χ1n) is 12.8. The molecule has 2 N–H and O–H groups in total. The first kappa shape index (κ1) is 23.6.